The quantitative estimate of drug-likeness (QED) is 0.458. The Hall–Kier alpha value is -1.91. The Morgan fingerprint density at radius 3 is 2.29 bits per heavy atom. The highest BCUT2D eigenvalue weighted by atomic mass is 16.6. The topological polar surface area (TPSA) is 69.4 Å². The van der Waals surface area contributed by atoms with Gasteiger partial charge in [0.1, 0.15) is 6.61 Å². The summed E-state index contributed by atoms with van der Waals surface area (Å²) in [5.74, 6) is -0.333. The van der Waals surface area contributed by atoms with Crippen LogP contribution in [0.3, 0.4) is 0 Å². The van der Waals surface area contributed by atoms with Crippen molar-refractivity contribution in [1.82, 2.24) is 0 Å². The van der Waals surface area contributed by atoms with Crippen LogP contribution in [-0.2, 0) is 14.9 Å². The van der Waals surface area contributed by atoms with Crippen molar-refractivity contribution in [2.24, 2.45) is 0 Å². The van der Waals surface area contributed by atoms with Crippen LogP contribution in [0.15, 0.2) is 24.3 Å². The van der Waals surface area contributed by atoms with Crippen molar-refractivity contribution in [2.75, 3.05) is 6.61 Å². The Morgan fingerprint density at radius 2 is 1.88 bits per heavy atom. The molecule has 0 aliphatic rings. The van der Waals surface area contributed by atoms with Gasteiger partial charge < -0.3 is 4.74 Å². The summed E-state index contributed by atoms with van der Waals surface area (Å²) in [6, 6.07) is 6.26. The molecule has 1 rings (SSSR count). The summed E-state index contributed by atoms with van der Waals surface area (Å²) in [6.45, 7) is 5.43. The van der Waals surface area contributed by atoms with E-state index < -0.39 is 4.92 Å². The Morgan fingerprint density at radius 1 is 1.35 bits per heavy atom. The van der Waals surface area contributed by atoms with Crippen LogP contribution in [0.4, 0.5) is 5.69 Å². The molecule has 17 heavy (non-hydrogen) atoms. The van der Waals surface area contributed by atoms with Gasteiger partial charge in [-0.2, -0.15) is 0 Å². The minimum absolute atomic E-state index is 0.0528. The molecule has 0 N–H and O–H groups in total. The molecule has 5 heteroatoms. The van der Waals surface area contributed by atoms with E-state index in [1.807, 2.05) is 13.8 Å². The predicted octanol–water partition coefficient (Wildman–Crippen LogP) is 2.44. The molecule has 0 saturated heterocycles. The van der Waals surface area contributed by atoms with Gasteiger partial charge in [0.2, 0.25) is 0 Å². The average molecular weight is 237 g/mol. The minimum atomic E-state index is -0.442. The van der Waals surface area contributed by atoms with Gasteiger partial charge >= 0.3 is 5.97 Å². The van der Waals surface area contributed by atoms with Crippen molar-refractivity contribution >= 4 is 11.7 Å². The SMILES string of the molecule is CC(=O)OCC(C)(C)c1ccc([N+](=O)[O-])cc1. The first kappa shape index (κ1) is 13.2. The third-order valence-electron chi connectivity index (χ3n) is 2.50. The molecule has 0 amide bonds. The van der Waals surface area contributed by atoms with Gasteiger partial charge in [0.25, 0.3) is 5.69 Å². The van der Waals surface area contributed by atoms with Crippen molar-refractivity contribution < 1.29 is 14.5 Å². The summed E-state index contributed by atoms with van der Waals surface area (Å²) >= 11 is 0. The normalized spacial score (nSPS) is 11.0. The standard InChI is InChI=1S/C12H15NO4/c1-9(14)17-8-12(2,3)10-4-6-11(7-5-10)13(15)16/h4-7H,8H2,1-3H3. The molecule has 1 aromatic rings. The van der Waals surface area contributed by atoms with Crippen molar-refractivity contribution in [3.63, 3.8) is 0 Å². The second kappa shape index (κ2) is 4.95. The van der Waals surface area contributed by atoms with Crippen LogP contribution in [0.25, 0.3) is 0 Å². The van der Waals surface area contributed by atoms with E-state index in [4.69, 9.17) is 4.74 Å². The fraction of sp³-hybridized carbons (Fsp3) is 0.417. The average Bonchev–Trinajstić information content (AvgIpc) is 2.27. The Bertz CT molecular complexity index is 423. The molecule has 0 bridgehead atoms. The predicted molar refractivity (Wildman–Crippen MR) is 62.8 cm³/mol. The number of ether oxygens (including phenoxy) is 1. The largest absolute Gasteiger partial charge is 0.465 e. The molecule has 5 nitrogen and oxygen atoms in total. The summed E-state index contributed by atoms with van der Waals surface area (Å²) < 4.78 is 4.97. The van der Waals surface area contributed by atoms with Gasteiger partial charge in [-0.05, 0) is 5.56 Å². The maximum absolute atomic E-state index is 10.8. The van der Waals surface area contributed by atoms with E-state index in [-0.39, 0.29) is 23.7 Å². The number of esters is 1. The first-order chi connectivity index (χ1) is 7.83. The zero-order chi connectivity index (χ0) is 13.1. The molecular formula is C12H15NO4. The van der Waals surface area contributed by atoms with Crippen LogP contribution in [0.2, 0.25) is 0 Å². The van der Waals surface area contributed by atoms with E-state index in [0.717, 1.165) is 5.56 Å². The molecule has 0 saturated carbocycles. The number of hydrogen-bond acceptors (Lipinski definition) is 4. The van der Waals surface area contributed by atoms with Crippen LogP contribution in [0, 0.1) is 10.1 Å². The van der Waals surface area contributed by atoms with E-state index in [1.54, 1.807) is 12.1 Å². The first-order valence-electron chi connectivity index (χ1n) is 5.21. The third-order valence-corrected chi connectivity index (χ3v) is 2.50. The van der Waals surface area contributed by atoms with Crippen LogP contribution in [0.1, 0.15) is 26.3 Å². The lowest BCUT2D eigenvalue weighted by atomic mass is 9.85. The van der Waals surface area contributed by atoms with Gasteiger partial charge in [-0.15, -0.1) is 0 Å². The molecule has 0 aliphatic carbocycles. The monoisotopic (exact) mass is 237 g/mol. The summed E-state index contributed by atoms with van der Waals surface area (Å²) in [4.78, 5) is 20.8. The van der Waals surface area contributed by atoms with Crippen LogP contribution >= 0.6 is 0 Å². The fourth-order valence-electron chi connectivity index (χ4n) is 1.40. The van der Waals surface area contributed by atoms with Gasteiger partial charge in [0, 0.05) is 24.5 Å². The molecular weight excluding hydrogens is 222 g/mol. The molecule has 0 fully saturated rings. The number of carbonyl (C=O) groups excluding carboxylic acids is 1. The minimum Gasteiger partial charge on any atom is -0.465 e. The van der Waals surface area contributed by atoms with Crippen LogP contribution in [-0.4, -0.2) is 17.5 Å². The molecule has 0 aromatic heterocycles. The van der Waals surface area contributed by atoms with E-state index in [0.29, 0.717) is 0 Å². The van der Waals surface area contributed by atoms with E-state index in [9.17, 15) is 14.9 Å². The lowest BCUT2D eigenvalue weighted by Gasteiger charge is -2.24. The molecule has 0 heterocycles. The van der Waals surface area contributed by atoms with Gasteiger partial charge in [-0.1, -0.05) is 26.0 Å². The van der Waals surface area contributed by atoms with Crippen LogP contribution in [0.5, 0.6) is 0 Å². The highest BCUT2D eigenvalue weighted by Crippen LogP contribution is 2.25. The van der Waals surface area contributed by atoms with Crippen molar-refractivity contribution in [3.05, 3.63) is 39.9 Å². The fourth-order valence-corrected chi connectivity index (χ4v) is 1.40. The number of nitro benzene ring substituents is 1. The number of nitro groups is 1. The number of nitrogens with zero attached hydrogens (tertiary/aromatic N) is 1. The highest BCUT2D eigenvalue weighted by molar-refractivity contribution is 5.66. The summed E-state index contributed by atoms with van der Waals surface area (Å²) in [7, 11) is 0. The smallest absolute Gasteiger partial charge is 0.302 e. The molecule has 0 spiro atoms. The summed E-state index contributed by atoms with van der Waals surface area (Å²) in [5.41, 5.74) is 0.585. The van der Waals surface area contributed by atoms with Crippen LogP contribution < -0.4 is 0 Å². The lowest BCUT2D eigenvalue weighted by Crippen LogP contribution is -2.25. The van der Waals surface area contributed by atoms with E-state index in [1.165, 1.54) is 19.1 Å². The maximum atomic E-state index is 10.8. The molecule has 0 aliphatic heterocycles. The number of rotatable bonds is 4. The number of non-ortho nitro benzene ring substituents is 1. The van der Waals surface area contributed by atoms with E-state index in [2.05, 4.69) is 0 Å². The van der Waals surface area contributed by atoms with Crippen molar-refractivity contribution in [1.29, 1.82) is 0 Å². The molecule has 0 radical (unpaired) electrons. The number of carbonyl (C=O) groups is 1. The molecule has 0 atom stereocenters. The number of hydrogen-bond donors (Lipinski definition) is 0. The second-order valence-corrected chi connectivity index (χ2v) is 4.47. The van der Waals surface area contributed by atoms with Crippen molar-refractivity contribution in [2.45, 2.75) is 26.2 Å². The summed E-state index contributed by atoms with van der Waals surface area (Å²) in [6.07, 6.45) is 0. The zero-order valence-corrected chi connectivity index (χ0v) is 10.1. The Kier molecular flexibility index (Phi) is 3.83. The maximum Gasteiger partial charge on any atom is 0.302 e. The van der Waals surface area contributed by atoms with Gasteiger partial charge in [0.05, 0.1) is 4.92 Å². The van der Waals surface area contributed by atoms with Crippen molar-refractivity contribution in [3.8, 4) is 0 Å². The molecule has 0 unspecified atom stereocenters. The van der Waals surface area contributed by atoms with E-state index >= 15 is 0 Å². The highest BCUT2D eigenvalue weighted by Gasteiger charge is 2.22. The van der Waals surface area contributed by atoms with Gasteiger partial charge in [-0.25, -0.2) is 0 Å². The molecule has 1 aromatic carbocycles. The lowest BCUT2D eigenvalue weighted by molar-refractivity contribution is -0.384. The van der Waals surface area contributed by atoms with Gasteiger partial charge in [-0.3, -0.25) is 14.9 Å². The first-order valence-corrected chi connectivity index (χ1v) is 5.21. The Labute approximate surface area is 99.5 Å². The zero-order valence-electron chi connectivity index (χ0n) is 10.1. The van der Waals surface area contributed by atoms with Gasteiger partial charge in [0.15, 0.2) is 0 Å². The summed E-state index contributed by atoms with van der Waals surface area (Å²) in [5, 5.41) is 10.5. The number of benzene rings is 1. The second-order valence-electron chi connectivity index (χ2n) is 4.47. The molecule has 92 valence electrons. The Balaban J connectivity index is 2.84. The third kappa shape index (κ3) is 3.55.